The normalized spacial score (nSPS) is 23.5. The van der Waals surface area contributed by atoms with Crippen molar-refractivity contribution in [3.05, 3.63) is 29.8 Å². The second-order valence-corrected chi connectivity index (χ2v) is 6.22. The SMILES string of the molecule is O=S1CCC(NCc2ccc(OC(F)F)cc2)CC1. The van der Waals surface area contributed by atoms with Gasteiger partial charge in [-0.25, -0.2) is 0 Å². The van der Waals surface area contributed by atoms with Crippen LogP contribution in [0.15, 0.2) is 24.3 Å². The van der Waals surface area contributed by atoms with E-state index in [0.717, 1.165) is 29.9 Å². The van der Waals surface area contributed by atoms with Gasteiger partial charge in [-0.15, -0.1) is 0 Å². The molecule has 0 radical (unpaired) electrons. The first-order chi connectivity index (χ1) is 9.13. The lowest BCUT2D eigenvalue weighted by atomic mass is 10.1. The van der Waals surface area contributed by atoms with Crippen molar-refractivity contribution in [1.82, 2.24) is 5.32 Å². The van der Waals surface area contributed by atoms with Gasteiger partial charge in [0, 0.05) is 34.9 Å². The van der Waals surface area contributed by atoms with Crippen molar-refractivity contribution >= 4 is 10.8 Å². The standard InChI is InChI=1S/C13H17F2NO2S/c14-13(15)18-12-3-1-10(2-4-12)9-16-11-5-7-19(17)8-6-11/h1-4,11,13,16H,5-9H2. The zero-order valence-corrected chi connectivity index (χ0v) is 11.3. The number of alkyl halides is 2. The molecule has 0 aliphatic carbocycles. The molecule has 1 aliphatic heterocycles. The number of nitrogens with one attached hydrogen (secondary N) is 1. The minimum Gasteiger partial charge on any atom is -0.435 e. The van der Waals surface area contributed by atoms with Crippen LogP contribution in [0.3, 0.4) is 0 Å². The topological polar surface area (TPSA) is 38.3 Å². The van der Waals surface area contributed by atoms with E-state index in [1.807, 2.05) is 0 Å². The average Bonchev–Trinajstić information content (AvgIpc) is 2.39. The van der Waals surface area contributed by atoms with Gasteiger partial charge in [0.15, 0.2) is 0 Å². The van der Waals surface area contributed by atoms with E-state index in [4.69, 9.17) is 0 Å². The summed E-state index contributed by atoms with van der Waals surface area (Å²) in [6, 6.07) is 7.02. The molecule has 0 bridgehead atoms. The van der Waals surface area contributed by atoms with Crippen LogP contribution >= 0.6 is 0 Å². The molecule has 3 nitrogen and oxygen atoms in total. The fourth-order valence-corrected chi connectivity index (χ4v) is 3.35. The number of ether oxygens (including phenoxy) is 1. The molecule has 2 rings (SSSR count). The highest BCUT2D eigenvalue weighted by atomic mass is 32.2. The Morgan fingerprint density at radius 2 is 1.89 bits per heavy atom. The van der Waals surface area contributed by atoms with Crippen LogP contribution in [0.4, 0.5) is 8.78 Å². The molecule has 0 amide bonds. The van der Waals surface area contributed by atoms with Crippen molar-refractivity contribution in [2.24, 2.45) is 0 Å². The van der Waals surface area contributed by atoms with Crippen LogP contribution in [-0.2, 0) is 17.3 Å². The van der Waals surface area contributed by atoms with Crippen molar-refractivity contribution in [2.75, 3.05) is 11.5 Å². The summed E-state index contributed by atoms with van der Waals surface area (Å²) in [7, 11) is -0.645. The summed E-state index contributed by atoms with van der Waals surface area (Å²) >= 11 is 0. The molecule has 1 fully saturated rings. The summed E-state index contributed by atoms with van der Waals surface area (Å²) in [5.74, 6) is 1.70. The molecule has 19 heavy (non-hydrogen) atoms. The molecular formula is C13H17F2NO2S. The molecule has 0 aromatic heterocycles. The minimum absolute atomic E-state index is 0.173. The van der Waals surface area contributed by atoms with Gasteiger partial charge in [0.2, 0.25) is 0 Å². The van der Waals surface area contributed by atoms with Crippen LogP contribution in [-0.4, -0.2) is 28.4 Å². The molecule has 1 heterocycles. The summed E-state index contributed by atoms with van der Waals surface area (Å²) in [5.41, 5.74) is 1.02. The van der Waals surface area contributed by atoms with Gasteiger partial charge in [0.1, 0.15) is 5.75 Å². The highest BCUT2D eigenvalue weighted by Gasteiger charge is 2.16. The Kier molecular flexibility index (Phi) is 5.27. The van der Waals surface area contributed by atoms with E-state index in [-0.39, 0.29) is 5.75 Å². The Hall–Kier alpha value is -1.01. The van der Waals surface area contributed by atoms with Crippen LogP contribution in [0, 0.1) is 0 Å². The van der Waals surface area contributed by atoms with Gasteiger partial charge in [0.25, 0.3) is 0 Å². The number of halogens is 2. The van der Waals surface area contributed by atoms with E-state index < -0.39 is 17.4 Å². The van der Waals surface area contributed by atoms with Crippen LogP contribution < -0.4 is 10.1 Å². The highest BCUT2D eigenvalue weighted by Crippen LogP contribution is 2.15. The molecule has 0 atom stereocenters. The smallest absolute Gasteiger partial charge is 0.387 e. The van der Waals surface area contributed by atoms with Crippen LogP contribution in [0.2, 0.25) is 0 Å². The maximum Gasteiger partial charge on any atom is 0.387 e. The molecule has 1 saturated heterocycles. The lowest BCUT2D eigenvalue weighted by molar-refractivity contribution is -0.0498. The summed E-state index contributed by atoms with van der Waals surface area (Å²) in [6.07, 6.45) is 1.86. The number of rotatable bonds is 5. The molecule has 1 aliphatic rings. The average molecular weight is 289 g/mol. The Morgan fingerprint density at radius 3 is 2.47 bits per heavy atom. The quantitative estimate of drug-likeness (QED) is 0.904. The lowest BCUT2D eigenvalue weighted by Crippen LogP contribution is -2.35. The Balaban J connectivity index is 1.78. The zero-order valence-electron chi connectivity index (χ0n) is 10.5. The first-order valence-corrected chi connectivity index (χ1v) is 7.74. The van der Waals surface area contributed by atoms with Crippen LogP contribution in [0.5, 0.6) is 5.75 Å². The van der Waals surface area contributed by atoms with E-state index in [0.29, 0.717) is 12.6 Å². The minimum atomic E-state index is -2.79. The van der Waals surface area contributed by atoms with Crippen molar-refractivity contribution < 1.29 is 17.7 Å². The Bertz CT molecular complexity index is 415. The molecule has 1 N–H and O–H groups in total. The van der Waals surface area contributed by atoms with E-state index in [1.54, 1.807) is 24.3 Å². The first kappa shape index (κ1) is 14.4. The van der Waals surface area contributed by atoms with Gasteiger partial charge in [-0.05, 0) is 30.5 Å². The third-order valence-corrected chi connectivity index (χ3v) is 4.51. The molecule has 1 aromatic rings. The largest absolute Gasteiger partial charge is 0.435 e. The van der Waals surface area contributed by atoms with E-state index in [2.05, 4.69) is 10.1 Å². The van der Waals surface area contributed by atoms with E-state index >= 15 is 0 Å². The van der Waals surface area contributed by atoms with Gasteiger partial charge in [-0.2, -0.15) is 8.78 Å². The van der Waals surface area contributed by atoms with Gasteiger partial charge >= 0.3 is 6.61 Å². The lowest BCUT2D eigenvalue weighted by Gasteiger charge is -2.22. The van der Waals surface area contributed by atoms with Crippen molar-refractivity contribution in [3.8, 4) is 5.75 Å². The molecule has 0 saturated carbocycles. The third kappa shape index (κ3) is 4.87. The van der Waals surface area contributed by atoms with Crippen LogP contribution in [0.25, 0.3) is 0 Å². The maximum absolute atomic E-state index is 12.0. The second-order valence-electron chi connectivity index (χ2n) is 4.53. The van der Waals surface area contributed by atoms with Gasteiger partial charge in [0.05, 0.1) is 0 Å². The fraction of sp³-hybridized carbons (Fsp3) is 0.538. The number of hydrogen-bond acceptors (Lipinski definition) is 3. The molecule has 0 spiro atoms. The third-order valence-electron chi connectivity index (χ3n) is 3.13. The first-order valence-electron chi connectivity index (χ1n) is 6.25. The molecule has 106 valence electrons. The number of hydrogen-bond donors (Lipinski definition) is 1. The van der Waals surface area contributed by atoms with Gasteiger partial charge in [-0.3, -0.25) is 4.21 Å². The molecule has 6 heteroatoms. The van der Waals surface area contributed by atoms with Crippen molar-refractivity contribution in [1.29, 1.82) is 0 Å². The second kappa shape index (κ2) is 6.96. The van der Waals surface area contributed by atoms with Gasteiger partial charge in [-0.1, -0.05) is 12.1 Å². The highest BCUT2D eigenvalue weighted by molar-refractivity contribution is 7.85. The Labute approximate surface area is 113 Å². The zero-order chi connectivity index (χ0) is 13.7. The summed E-state index contributed by atoms with van der Waals surface area (Å²) in [4.78, 5) is 0. The fourth-order valence-electron chi connectivity index (χ4n) is 2.05. The van der Waals surface area contributed by atoms with Gasteiger partial charge < -0.3 is 10.1 Å². The summed E-state index contributed by atoms with van der Waals surface area (Å²) in [5, 5.41) is 3.40. The molecule has 1 aromatic carbocycles. The monoisotopic (exact) mass is 289 g/mol. The Morgan fingerprint density at radius 1 is 1.26 bits per heavy atom. The maximum atomic E-state index is 12.0. The molecule has 0 unspecified atom stereocenters. The predicted octanol–water partition coefficient (Wildman–Crippen LogP) is 2.29. The van der Waals surface area contributed by atoms with Crippen molar-refractivity contribution in [3.63, 3.8) is 0 Å². The van der Waals surface area contributed by atoms with Crippen LogP contribution in [0.1, 0.15) is 18.4 Å². The summed E-state index contributed by atoms with van der Waals surface area (Å²) in [6.45, 7) is -2.10. The van der Waals surface area contributed by atoms with E-state index in [9.17, 15) is 13.0 Å². The predicted molar refractivity (Wildman–Crippen MR) is 70.8 cm³/mol. The summed E-state index contributed by atoms with van der Waals surface area (Å²) < 4.78 is 39.5. The number of benzene rings is 1. The van der Waals surface area contributed by atoms with Crippen molar-refractivity contribution in [2.45, 2.75) is 32.0 Å². The molecular weight excluding hydrogens is 272 g/mol. The van der Waals surface area contributed by atoms with E-state index in [1.165, 1.54) is 0 Å².